The van der Waals surface area contributed by atoms with Gasteiger partial charge in [0.2, 0.25) is 0 Å². The maximum absolute atomic E-state index is 14.1. The predicted octanol–water partition coefficient (Wildman–Crippen LogP) is 8.26. The third-order valence-electron chi connectivity index (χ3n) is 11.5. The molecule has 1 aromatic heterocycles. The lowest BCUT2D eigenvalue weighted by Crippen LogP contribution is -2.67. The fraction of sp³-hybridized carbons (Fsp3) is 0.196. The number of nitrogens with zero attached hydrogens (tertiary/aromatic N) is 3. The van der Waals surface area contributed by atoms with Gasteiger partial charge in [-0.3, -0.25) is 14.3 Å². The van der Waals surface area contributed by atoms with Gasteiger partial charge in [-0.15, -0.1) is 0 Å². The zero-order valence-corrected chi connectivity index (χ0v) is 35.2. The van der Waals surface area contributed by atoms with Gasteiger partial charge in [-0.1, -0.05) is 191 Å². The average molecular weight is 811 g/mol. The lowest BCUT2D eigenvalue weighted by atomic mass is 9.75. The van der Waals surface area contributed by atoms with Crippen LogP contribution in [0.3, 0.4) is 0 Å². The second-order valence-corrected chi connectivity index (χ2v) is 20.5. The van der Waals surface area contributed by atoms with Gasteiger partial charge in [0.05, 0.1) is 18.2 Å². The van der Waals surface area contributed by atoms with Crippen molar-refractivity contribution in [3.63, 3.8) is 0 Å². The molecular formula is C51H50N4O4Si. The Hall–Kier alpha value is -6.23. The van der Waals surface area contributed by atoms with Crippen molar-refractivity contribution in [1.29, 1.82) is 0 Å². The highest BCUT2D eigenvalue weighted by atomic mass is 28.4. The highest BCUT2D eigenvalue weighted by Crippen LogP contribution is 2.45. The summed E-state index contributed by atoms with van der Waals surface area (Å²) in [5.74, 6) is -0.184. The molecule has 0 aliphatic carbocycles. The normalized spacial score (nSPS) is 16.2. The smallest absolute Gasteiger partial charge is 0.351 e. The van der Waals surface area contributed by atoms with Gasteiger partial charge in [-0.2, -0.15) is 4.98 Å². The maximum atomic E-state index is 14.1. The van der Waals surface area contributed by atoms with Crippen LogP contribution in [0.4, 0.5) is 5.82 Å². The maximum Gasteiger partial charge on any atom is 0.351 e. The van der Waals surface area contributed by atoms with Crippen LogP contribution in [-0.2, 0) is 14.7 Å². The first-order valence-corrected chi connectivity index (χ1v) is 22.4. The van der Waals surface area contributed by atoms with Gasteiger partial charge >= 0.3 is 5.69 Å². The molecule has 1 fully saturated rings. The Kier molecular flexibility index (Phi) is 11.9. The number of hydrogen-bond donors (Lipinski definition) is 1. The number of anilines is 1. The molecule has 0 unspecified atom stereocenters. The number of rotatable bonds is 12. The summed E-state index contributed by atoms with van der Waals surface area (Å²) >= 11 is 0. The van der Waals surface area contributed by atoms with Crippen LogP contribution in [0, 0.1) is 0 Å². The summed E-state index contributed by atoms with van der Waals surface area (Å²) < 4.78 is 16.1. The van der Waals surface area contributed by atoms with Gasteiger partial charge in [0.25, 0.3) is 14.2 Å². The Bertz CT molecular complexity index is 2400. The summed E-state index contributed by atoms with van der Waals surface area (Å²) in [4.78, 5) is 34.0. The molecule has 0 spiro atoms. The minimum Gasteiger partial charge on any atom is -0.405 e. The van der Waals surface area contributed by atoms with Gasteiger partial charge in [-0.05, 0) is 50.3 Å². The minimum absolute atomic E-state index is 0.163. The molecule has 2 heterocycles. The highest BCUT2D eigenvalue weighted by molar-refractivity contribution is 6.99. The molecule has 0 bridgehead atoms. The Labute approximate surface area is 353 Å². The molecule has 9 heteroatoms. The predicted molar refractivity (Wildman–Crippen MR) is 241 cm³/mol. The summed E-state index contributed by atoms with van der Waals surface area (Å²) in [6.07, 6.45) is 0.422. The third-order valence-corrected chi connectivity index (χ3v) is 16.5. The third kappa shape index (κ3) is 7.92. The van der Waals surface area contributed by atoms with Gasteiger partial charge in [0, 0.05) is 24.8 Å². The van der Waals surface area contributed by atoms with E-state index in [1.54, 1.807) is 36.5 Å². The van der Waals surface area contributed by atoms with Gasteiger partial charge in [-0.25, -0.2) is 4.79 Å². The van der Waals surface area contributed by atoms with E-state index >= 15 is 0 Å². The zero-order valence-electron chi connectivity index (χ0n) is 34.2. The zero-order chi connectivity index (χ0) is 41.6. The molecule has 8 rings (SSSR count). The standard InChI is InChI=1S/C51H50N4O4Si/c1-50(2,3)60(44-30-18-8-19-31-44,45-32-20-9-21-33-45)58-38-43-36-54(37-47(59-43)55-35-34-46(53-49(55)57)52-48(56)39-22-10-4-11-23-39)51(40-24-12-5-13-25-40,41-26-14-6-15-27-41)42-28-16-7-17-29-42/h4-35,43,47H,36-38H2,1-3H3,(H,52,53,56,57)/t43-,47+/m0/s1. The molecule has 1 amide bonds. The molecule has 7 aromatic rings. The van der Waals surface area contributed by atoms with Crippen molar-refractivity contribution in [2.75, 3.05) is 25.0 Å². The van der Waals surface area contributed by atoms with E-state index in [0.29, 0.717) is 18.7 Å². The topological polar surface area (TPSA) is 85.7 Å². The number of carbonyl (C=O) groups is 1. The van der Waals surface area contributed by atoms with Crippen LogP contribution in [0.15, 0.2) is 199 Å². The summed E-state index contributed by atoms with van der Waals surface area (Å²) in [5, 5.41) is 4.88. The first kappa shape index (κ1) is 40.5. The van der Waals surface area contributed by atoms with Gasteiger partial charge in [0.15, 0.2) is 6.23 Å². The number of morpholine rings is 1. The van der Waals surface area contributed by atoms with Crippen LogP contribution < -0.4 is 21.4 Å². The highest BCUT2D eigenvalue weighted by Gasteiger charge is 2.52. The second kappa shape index (κ2) is 17.5. The van der Waals surface area contributed by atoms with Crippen molar-refractivity contribution in [2.45, 2.75) is 43.7 Å². The van der Waals surface area contributed by atoms with E-state index in [1.165, 1.54) is 14.9 Å². The molecule has 1 saturated heterocycles. The number of amides is 1. The number of ether oxygens (including phenoxy) is 1. The molecule has 0 radical (unpaired) electrons. The van der Waals surface area contributed by atoms with Crippen LogP contribution in [0.25, 0.3) is 0 Å². The van der Waals surface area contributed by atoms with Gasteiger partial charge < -0.3 is 14.5 Å². The average Bonchev–Trinajstić information content (AvgIpc) is 3.28. The summed E-state index contributed by atoms with van der Waals surface area (Å²) in [6.45, 7) is 7.90. The van der Waals surface area contributed by atoms with Crippen molar-refractivity contribution >= 4 is 30.4 Å². The monoisotopic (exact) mass is 810 g/mol. The molecule has 1 N–H and O–H groups in total. The first-order valence-electron chi connectivity index (χ1n) is 20.5. The fourth-order valence-corrected chi connectivity index (χ4v) is 13.5. The van der Waals surface area contributed by atoms with Crippen molar-refractivity contribution < 1.29 is 14.0 Å². The molecule has 0 saturated carbocycles. The molecule has 60 heavy (non-hydrogen) atoms. The van der Waals surface area contributed by atoms with E-state index in [0.717, 1.165) is 16.7 Å². The van der Waals surface area contributed by atoms with Crippen LogP contribution >= 0.6 is 0 Å². The largest absolute Gasteiger partial charge is 0.405 e. The van der Waals surface area contributed by atoms with Gasteiger partial charge in [0.1, 0.15) is 5.82 Å². The lowest BCUT2D eigenvalue weighted by Gasteiger charge is -2.51. The van der Waals surface area contributed by atoms with E-state index in [-0.39, 0.29) is 23.4 Å². The van der Waals surface area contributed by atoms with E-state index in [9.17, 15) is 9.59 Å². The molecular weight excluding hydrogens is 761 g/mol. The quantitative estimate of drug-likeness (QED) is 0.0989. The van der Waals surface area contributed by atoms with Crippen molar-refractivity contribution in [1.82, 2.24) is 14.5 Å². The number of aromatic nitrogens is 2. The second-order valence-electron chi connectivity index (χ2n) is 16.2. The Morgan fingerprint density at radius 2 is 1.12 bits per heavy atom. The molecule has 6 aromatic carbocycles. The number of hydrogen-bond acceptors (Lipinski definition) is 6. The molecule has 1 aliphatic heterocycles. The Morgan fingerprint density at radius 1 is 0.667 bits per heavy atom. The van der Waals surface area contributed by atoms with Crippen molar-refractivity contribution in [2.24, 2.45) is 0 Å². The van der Waals surface area contributed by atoms with Crippen LogP contribution in [0.2, 0.25) is 5.04 Å². The van der Waals surface area contributed by atoms with Crippen LogP contribution in [0.1, 0.15) is 54.0 Å². The number of carbonyl (C=O) groups excluding carboxylic acids is 1. The van der Waals surface area contributed by atoms with Crippen LogP contribution in [-0.4, -0.2) is 54.5 Å². The van der Waals surface area contributed by atoms with Crippen molar-refractivity contribution in [3.8, 4) is 0 Å². The van der Waals surface area contributed by atoms with Crippen molar-refractivity contribution in [3.05, 3.63) is 227 Å². The SMILES string of the molecule is CC(C)(C)[Si](OC[C@@H]1CN(C(c2ccccc2)(c2ccccc2)c2ccccc2)C[C@H](n2ccc(NC(=O)c3ccccc3)nc2=O)O1)(c1ccccc1)c1ccccc1. The summed E-state index contributed by atoms with van der Waals surface area (Å²) in [5.41, 5.74) is 2.39. The minimum atomic E-state index is -2.98. The van der Waals surface area contributed by atoms with E-state index in [4.69, 9.17) is 9.16 Å². The molecule has 2 atom stereocenters. The Balaban J connectivity index is 1.25. The number of nitrogens with one attached hydrogen (secondary N) is 1. The summed E-state index contributed by atoms with van der Waals surface area (Å²) in [7, 11) is -2.98. The summed E-state index contributed by atoms with van der Waals surface area (Å²) in [6, 6.07) is 63.4. The lowest BCUT2D eigenvalue weighted by molar-refractivity contribution is -0.149. The molecule has 1 aliphatic rings. The van der Waals surface area contributed by atoms with E-state index in [1.807, 2.05) is 36.4 Å². The fourth-order valence-electron chi connectivity index (χ4n) is 8.88. The Morgan fingerprint density at radius 3 is 1.57 bits per heavy atom. The molecule has 302 valence electrons. The van der Waals surface area contributed by atoms with E-state index < -0.39 is 31.9 Å². The number of benzene rings is 6. The van der Waals surface area contributed by atoms with E-state index in [2.05, 4.69) is 157 Å². The molecule has 8 nitrogen and oxygen atoms in total. The van der Waals surface area contributed by atoms with Crippen LogP contribution in [0.5, 0.6) is 0 Å². The first-order chi connectivity index (χ1) is 29.2.